The van der Waals surface area contributed by atoms with E-state index in [2.05, 4.69) is 5.32 Å². The number of thioether (sulfide) groups is 1. The third-order valence-corrected chi connectivity index (χ3v) is 2.18. The highest BCUT2D eigenvalue weighted by Gasteiger charge is 2.27. The molecule has 7 heteroatoms. The lowest BCUT2D eigenvalue weighted by Gasteiger charge is -2.10. The summed E-state index contributed by atoms with van der Waals surface area (Å²) < 4.78 is 34.9. The number of carbonyl (C=O) groups excluding carboxylic acids is 1. The maximum Gasteiger partial charge on any atom is 0.441 e. The van der Waals surface area contributed by atoms with E-state index in [-0.39, 0.29) is 24.1 Å². The summed E-state index contributed by atoms with van der Waals surface area (Å²) in [5, 5.41) is 2.32. The fraction of sp³-hybridized carbons (Fsp3) is 0.857. The second kappa shape index (κ2) is 6.13. The molecule has 0 radical (unpaired) electrons. The van der Waals surface area contributed by atoms with Gasteiger partial charge in [-0.1, -0.05) is 6.92 Å². The molecule has 0 aromatic rings. The van der Waals surface area contributed by atoms with Gasteiger partial charge in [0.05, 0.1) is 6.04 Å². The van der Waals surface area contributed by atoms with Gasteiger partial charge in [0, 0.05) is 12.3 Å². The Hall–Kier alpha value is -0.430. The van der Waals surface area contributed by atoms with Crippen LogP contribution in [0.25, 0.3) is 0 Å². The first-order valence-corrected chi connectivity index (χ1v) is 5.09. The number of carbonyl (C=O) groups is 1. The Bertz CT molecular complexity index is 186. The van der Waals surface area contributed by atoms with E-state index >= 15 is 0 Å². The first kappa shape index (κ1) is 13.6. The van der Waals surface area contributed by atoms with Gasteiger partial charge < -0.3 is 11.1 Å². The van der Waals surface area contributed by atoms with Crippen LogP contribution in [0.4, 0.5) is 13.2 Å². The molecule has 0 saturated carbocycles. The Morgan fingerprint density at radius 2 is 2.14 bits per heavy atom. The third kappa shape index (κ3) is 7.02. The summed E-state index contributed by atoms with van der Waals surface area (Å²) in [6.07, 6.45) is 0.470. The average Bonchev–Trinajstić information content (AvgIpc) is 2.09. The van der Waals surface area contributed by atoms with E-state index in [4.69, 9.17) is 5.73 Å². The fourth-order valence-corrected chi connectivity index (χ4v) is 1.09. The van der Waals surface area contributed by atoms with E-state index in [1.807, 2.05) is 0 Å². The van der Waals surface area contributed by atoms with Crippen LogP contribution in [0.1, 0.15) is 13.3 Å². The van der Waals surface area contributed by atoms with Crippen LogP contribution in [0.15, 0.2) is 0 Å². The first-order valence-electron chi connectivity index (χ1n) is 4.10. The van der Waals surface area contributed by atoms with Crippen molar-refractivity contribution in [3.8, 4) is 0 Å². The topological polar surface area (TPSA) is 55.1 Å². The minimum Gasteiger partial charge on any atom is -0.354 e. The van der Waals surface area contributed by atoms with Crippen molar-refractivity contribution in [1.29, 1.82) is 0 Å². The van der Waals surface area contributed by atoms with Crippen molar-refractivity contribution in [3.63, 3.8) is 0 Å². The van der Waals surface area contributed by atoms with Gasteiger partial charge in [-0.2, -0.15) is 13.2 Å². The second-order valence-corrected chi connectivity index (χ2v) is 3.76. The number of nitrogens with one attached hydrogen (secondary N) is 1. The van der Waals surface area contributed by atoms with Gasteiger partial charge in [0.1, 0.15) is 0 Å². The minimum atomic E-state index is -4.24. The molecular weight excluding hydrogens is 217 g/mol. The zero-order valence-corrected chi connectivity index (χ0v) is 8.54. The minimum absolute atomic E-state index is 0.0172. The maximum atomic E-state index is 11.6. The average molecular weight is 230 g/mol. The van der Waals surface area contributed by atoms with Crippen LogP contribution >= 0.6 is 11.8 Å². The molecule has 0 aromatic carbocycles. The molecule has 0 spiro atoms. The predicted octanol–water partition coefficient (Wildman–Crippen LogP) is 1.09. The molecule has 0 aliphatic rings. The van der Waals surface area contributed by atoms with Gasteiger partial charge in [-0.15, -0.1) is 0 Å². The van der Waals surface area contributed by atoms with Gasteiger partial charge in [0.2, 0.25) is 5.91 Å². The zero-order chi connectivity index (χ0) is 11.2. The van der Waals surface area contributed by atoms with E-state index in [1.165, 1.54) is 0 Å². The Balaban J connectivity index is 3.51. The predicted molar refractivity (Wildman–Crippen MR) is 49.8 cm³/mol. The number of hydrogen-bond donors (Lipinski definition) is 2. The molecule has 84 valence electrons. The highest BCUT2D eigenvalue weighted by molar-refractivity contribution is 8.00. The van der Waals surface area contributed by atoms with Gasteiger partial charge in [0.25, 0.3) is 0 Å². The van der Waals surface area contributed by atoms with Gasteiger partial charge in [-0.25, -0.2) is 0 Å². The molecule has 0 saturated heterocycles. The zero-order valence-electron chi connectivity index (χ0n) is 7.73. The molecule has 0 aliphatic carbocycles. The van der Waals surface area contributed by atoms with Crippen molar-refractivity contribution < 1.29 is 18.0 Å². The second-order valence-electron chi connectivity index (χ2n) is 2.60. The highest BCUT2D eigenvalue weighted by Crippen LogP contribution is 2.29. The van der Waals surface area contributed by atoms with Crippen LogP contribution in [-0.4, -0.2) is 29.8 Å². The number of alkyl halides is 3. The summed E-state index contributed by atoms with van der Waals surface area (Å²) in [6, 6.07) is -0.633. The number of amides is 1. The van der Waals surface area contributed by atoms with Crippen molar-refractivity contribution in [2.75, 3.05) is 12.3 Å². The largest absolute Gasteiger partial charge is 0.441 e. The summed E-state index contributed by atoms with van der Waals surface area (Å²) in [5.74, 6) is -0.596. The molecule has 0 rings (SSSR count). The Morgan fingerprint density at radius 1 is 1.57 bits per heavy atom. The monoisotopic (exact) mass is 230 g/mol. The molecule has 0 aromatic heterocycles. The van der Waals surface area contributed by atoms with Gasteiger partial charge in [-0.05, 0) is 18.2 Å². The standard InChI is InChI=1S/C7H13F3N2OS/c1-2-5(11)6(13)12-3-4-14-7(8,9)10/h5H,2-4,11H2,1H3,(H,12,13)/t5-/m0/s1. The van der Waals surface area contributed by atoms with Crippen molar-refractivity contribution in [3.05, 3.63) is 0 Å². The van der Waals surface area contributed by atoms with Crippen LogP contribution in [0, 0.1) is 0 Å². The normalized spacial score (nSPS) is 13.8. The van der Waals surface area contributed by atoms with Gasteiger partial charge >= 0.3 is 5.51 Å². The smallest absolute Gasteiger partial charge is 0.354 e. The SMILES string of the molecule is CC[C@H](N)C(=O)NCCSC(F)(F)F. The quantitative estimate of drug-likeness (QED) is 0.695. The van der Waals surface area contributed by atoms with Crippen molar-refractivity contribution >= 4 is 17.7 Å². The van der Waals surface area contributed by atoms with Crippen molar-refractivity contribution in [2.24, 2.45) is 5.73 Å². The summed E-state index contributed by atoms with van der Waals surface area (Å²) in [5.41, 5.74) is 1.10. The molecule has 0 fully saturated rings. The van der Waals surface area contributed by atoms with Crippen LogP contribution in [-0.2, 0) is 4.79 Å². The summed E-state index contributed by atoms with van der Waals surface area (Å²) in [4.78, 5) is 11.0. The number of halogens is 3. The third-order valence-electron chi connectivity index (χ3n) is 1.44. The van der Waals surface area contributed by atoms with Crippen LogP contribution in [0.3, 0.4) is 0 Å². The number of rotatable bonds is 5. The lowest BCUT2D eigenvalue weighted by atomic mass is 10.2. The molecule has 3 N–H and O–H groups in total. The summed E-state index contributed by atoms with van der Waals surface area (Å²) in [6.45, 7) is 1.71. The molecule has 0 unspecified atom stereocenters. The number of hydrogen-bond acceptors (Lipinski definition) is 3. The molecule has 0 bridgehead atoms. The van der Waals surface area contributed by atoms with E-state index in [9.17, 15) is 18.0 Å². The van der Waals surface area contributed by atoms with E-state index in [0.717, 1.165) is 0 Å². The molecule has 0 heterocycles. The fourth-order valence-electron chi connectivity index (χ4n) is 0.657. The van der Waals surface area contributed by atoms with E-state index in [0.29, 0.717) is 6.42 Å². The molecule has 3 nitrogen and oxygen atoms in total. The van der Waals surface area contributed by atoms with Crippen LogP contribution in [0.2, 0.25) is 0 Å². The Kier molecular flexibility index (Phi) is 5.94. The maximum absolute atomic E-state index is 11.6. The van der Waals surface area contributed by atoms with E-state index in [1.54, 1.807) is 6.92 Å². The molecule has 14 heavy (non-hydrogen) atoms. The molecule has 0 aliphatic heterocycles. The van der Waals surface area contributed by atoms with Gasteiger partial charge in [0.15, 0.2) is 0 Å². The lowest BCUT2D eigenvalue weighted by molar-refractivity contribution is -0.122. The summed E-state index contributed by atoms with van der Waals surface area (Å²) in [7, 11) is 0. The Labute approximate surface area is 84.6 Å². The molecular formula is C7H13F3N2OS. The highest BCUT2D eigenvalue weighted by atomic mass is 32.2. The first-order chi connectivity index (χ1) is 6.37. The lowest BCUT2D eigenvalue weighted by Crippen LogP contribution is -2.41. The van der Waals surface area contributed by atoms with E-state index < -0.39 is 17.5 Å². The Morgan fingerprint density at radius 3 is 2.57 bits per heavy atom. The summed E-state index contributed by atoms with van der Waals surface area (Å²) >= 11 is -0.161. The molecule has 1 amide bonds. The molecule has 1 atom stereocenters. The van der Waals surface area contributed by atoms with Crippen LogP contribution in [0.5, 0.6) is 0 Å². The van der Waals surface area contributed by atoms with Crippen molar-refractivity contribution in [1.82, 2.24) is 5.32 Å². The van der Waals surface area contributed by atoms with Crippen molar-refractivity contribution in [2.45, 2.75) is 24.9 Å². The van der Waals surface area contributed by atoms with Crippen LogP contribution < -0.4 is 11.1 Å². The van der Waals surface area contributed by atoms with Gasteiger partial charge in [-0.3, -0.25) is 4.79 Å². The number of nitrogens with two attached hydrogens (primary N) is 1.